The Balaban J connectivity index is 1.60. The van der Waals surface area contributed by atoms with Gasteiger partial charge in [0, 0.05) is 5.69 Å². The highest BCUT2D eigenvalue weighted by molar-refractivity contribution is 7.20. The van der Waals surface area contributed by atoms with Gasteiger partial charge < -0.3 is 10.6 Å². The van der Waals surface area contributed by atoms with E-state index < -0.39 is 17.3 Å². The smallest absolute Gasteiger partial charge is 0.266 e. The first-order chi connectivity index (χ1) is 15.7. The van der Waals surface area contributed by atoms with E-state index in [9.17, 15) is 18.8 Å². The Labute approximate surface area is 192 Å². The molecule has 0 aliphatic heterocycles. The van der Waals surface area contributed by atoms with Crippen LogP contribution in [0.2, 0.25) is 0 Å². The molecule has 33 heavy (non-hydrogen) atoms. The first-order valence-electron chi connectivity index (χ1n) is 10.2. The first-order valence-corrected chi connectivity index (χ1v) is 11.0. The van der Waals surface area contributed by atoms with E-state index in [4.69, 9.17) is 0 Å². The molecular formula is C24H21FN4O3S. The maximum Gasteiger partial charge on any atom is 0.266 e. The summed E-state index contributed by atoms with van der Waals surface area (Å²) < 4.78 is 14.9. The number of hydrogen-bond acceptors (Lipinski definition) is 5. The van der Waals surface area contributed by atoms with Crippen molar-refractivity contribution in [2.45, 2.75) is 27.3 Å². The number of aromatic nitrogens is 2. The number of carbonyl (C=O) groups is 2. The second-order valence-corrected chi connectivity index (χ2v) is 8.71. The van der Waals surface area contributed by atoms with E-state index in [2.05, 4.69) is 15.6 Å². The van der Waals surface area contributed by atoms with Gasteiger partial charge in [0.05, 0.1) is 22.3 Å². The predicted octanol–water partition coefficient (Wildman–Crippen LogP) is 4.41. The van der Waals surface area contributed by atoms with Crippen LogP contribution in [0, 0.1) is 26.6 Å². The van der Waals surface area contributed by atoms with Gasteiger partial charge >= 0.3 is 0 Å². The maximum atomic E-state index is 13.8. The van der Waals surface area contributed by atoms with Gasteiger partial charge in [-0.2, -0.15) is 0 Å². The van der Waals surface area contributed by atoms with Crippen molar-refractivity contribution in [3.05, 3.63) is 86.5 Å². The Hall–Kier alpha value is -3.85. The van der Waals surface area contributed by atoms with Crippen LogP contribution in [0.1, 0.15) is 26.4 Å². The number of anilines is 2. The number of hydrogen-bond donors (Lipinski definition) is 2. The Morgan fingerprint density at radius 3 is 2.55 bits per heavy atom. The Bertz CT molecular complexity index is 1460. The number of benzene rings is 2. The monoisotopic (exact) mass is 464 g/mol. The molecule has 0 aliphatic rings. The fourth-order valence-electron chi connectivity index (χ4n) is 3.53. The van der Waals surface area contributed by atoms with Gasteiger partial charge in [-0.25, -0.2) is 9.37 Å². The van der Waals surface area contributed by atoms with Crippen LogP contribution >= 0.6 is 11.3 Å². The average Bonchev–Trinajstić information content (AvgIpc) is 3.11. The second-order valence-electron chi connectivity index (χ2n) is 7.71. The van der Waals surface area contributed by atoms with E-state index in [1.165, 1.54) is 24.5 Å². The van der Waals surface area contributed by atoms with Gasteiger partial charge in [-0.15, -0.1) is 11.3 Å². The van der Waals surface area contributed by atoms with Crippen molar-refractivity contribution in [3.8, 4) is 0 Å². The summed E-state index contributed by atoms with van der Waals surface area (Å²) in [6.45, 7) is 5.23. The lowest BCUT2D eigenvalue weighted by molar-refractivity contribution is -0.116. The van der Waals surface area contributed by atoms with E-state index in [-0.39, 0.29) is 23.5 Å². The molecule has 4 rings (SSSR count). The summed E-state index contributed by atoms with van der Waals surface area (Å²) in [5.41, 5.74) is 2.80. The molecule has 0 bridgehead atoms. The van der Waals surface area contributed by atoms with Gasteiger partial charge in [0.15, 0.2) is 0 Å². The number of halogens is 1. The third-order valence-corrected chi connectivity index (χ3v) is 6.41. The molecule has 0 unspecified atom stereocenters. The van der Waals surface area contributed by atoms with E-state index in [0.717, 1.165) is 27.0 Å². The number of amides is 2. The molecule has 0 spiro atoms. The molecular weight excluding hydrogens is 443 g/mol. The molecule has 2 N–H and O–H groups in total. The minimum atomic E-state index is -0.570. The topological polar surface area (TPSA) is 93.1 Å². The summed E-state index contributed by atoms with van der Waals surface area (Å²) in [5, 5.41) is 5.62. The van der Waals surface area contributed by atoms with Gasteiger partial charge in [-0.05, 0) is 50.1 Å². The zero-order valence-electron chi connectivity index (χ0n) is 18.2. The molecule has 0 radical (unpaired) electrons. The third kappa shape index (κ3) is 4.54. The molecule has 4 aromatic rings. The molecule has 2 amide bonds. The lowest BCUT2D eigenvalue weighted by atomic mass is 10.1. The van der Waals surface area contributed by atoms with Crippen LogP contribution in [0.3, 0.4) is 0 Å². The number of rotatable bonds is 5. The van der Waals surface area contributed by atoms with E-state index in [1.54, 1.807) is 13.0 Å². The average molecular weight is 465 g/mol. The Morgan fingerprint density at radius 1 is 1.06 bits per heavy atom. The minimum Gasteiger partial charge on any atom is -0.322 e. The SMILES string of the molecule is Cc1ccc(NC(=O)c2sc3ncn(CC(=O)Nc4ccccc4F)c(=O)c3c2C)c(C)c1. The van der Waals surface area contributed by atoms with Crippen LogP contribution in [-0.2, 0) is 11.3 Å². The molecule has 2 heterocycles. The lowest BCUT2D eigenvalue weighted by Crippen LogP contribution is -2.28. The van der Waals surface area contributed by atoms with Crippen LogP contribution in [0.15, 0.2) is 53.6 Å². The van der Waals surface area contributed by atoms with E-state index >= 15 is 0 Å². The van der Waals surface area contributed by atoms with Crippen molar-refractivity contribution < 1.29 is 14.0 Å². The van der Waals surface area contributed by atoms with Gasteiger partial charge in [0.25, 0.3) is 11.5 Å². The summed E-state index contributed by atoms with van der Waals surface area (Å²) in [5.74, 6) is -1.46. The number of fused-ring (bicyclic) bond motifs is 1. The third-order valence-electron chi connectivity index (χ3n) is 5.22. The molecule has 0 aliphatic carbocycles. The molecule has 0 atom stereocenters. The van der Waals surface area contributed by atoms with Crippen LogP contribution in [0.25, 0.3) is 10.2 Å². The zero-order valence-corrected chi connectivity index (χ0v) is 19.0. The molecule has 0 fully saturated rings. The molecule has 2 aromatic heterocycles. The molecule has 7 nitrogen and oxygen atoms in total. The summed E-state index contributed by atoms with van der Waals surface area (Å²) in [6, 6.07) is 11.5. The number of carbonyl (C=O) groups excluding carboxylic acids is 2. The summed E-state index contributed by atoms with van der Waals surface area (Å²) in [7, 11) is 0. The minimum absolute atomic E-state index is 0.0293. The summed E-state index contributed by atoms with van der Waals surface area (Å²) in [6.07, 6.45) is 1.26. The van der Waals surface area contributed by atoms with Crippen molar-refractivity contribution in [1.29, 1.82) is 0 Å². The van der Waals surface area contributed by atoms with Gasteiger partial charge in [0.2, 0.25) is 5.91 Å². The zero-order chi connectivity index (χ0) is 23.7. The summed E-state index contributed by atoms with van der Waals surface area (Å²) in [4.78, 5) is 43.4. The fraction of sp³-hybridized carbons (Fsp3) is 0.167. The fourth-order valence-corrected chi connectivity index (χ4v) is 4.56. The highest BCUT2D eigenvalue weighted by Crippen LogP contribution is 2.28. The highest BCUT2D eigenvalue weighted by Gasteiger charge is 2.21. The van der Waals surface area contributed by atoms with Crippen LogP contribution in [0.5, 0.6) is 0 Å². The maximum absolute atomic E-state index is 13.8. The number of nitrogens with one attached hydrogen (secondary N) is 2. The standard InChI is InChI=1S/C24H21FN4O3S/c1-13-8-9-17(14(2)10-13)28-22(31)21-15(3)20-23(33-21)26-12-29(24(20)32)11-19(30)27-18-7-5-4-6-16(18)25/h4-10,12H,11H2,1-3H3,(H,27,30)(H,28,31). The summed E-state index contributed by atoms with van der Waals surface area (Å²) >= 11 is 1.12. The largest absolute Gasteiger partial charge is 0.322 e. The normalized spacial score (nSPS) is 10.9. The van der Waals surface area contributed by atoms with Crippen molar-refractivity contribution in [3.63, 3.8) is 0 Å². The number of thiophene rings is 1. The van der Waals surface area contributed by atoms with Gasteiger partial charge in [0.1, 0.15) is 17.2 Å². The molecule has 9 heteroatoms. The van der Waals surface area contributed by atoms with Crippen molar-refractivity contribution >= 4 is 44.7 Å². The van der Waals surface area contributed by atoms with Crippen molar-refractivity contribution in [2.24, 2.45) is 0 Å². The number of para-hydroxylation sites is 1. The Morgan fingerprint density at radius 2 is 1.82 bits per heavy atom. The van der Waals surface area contributed by atoms with Crippen molar-refractivity contribution in [1.82, 2.24) is 9.55 Å². The quantitative estimate of drug-likeness (QED) is 0.457. The first kappa shape index (κ1) is 22.3. The van der Waals surface area contributed by atoms with E-state index in [1.807, 2.05) is 32.0 Å². The van der Waals surface area contributed by atoms with E-state index in [0.29, 0.717) is 21.0 Å². The second kappa shape index (κ2) is 8.95. The van der Waals surface area contributed by atoms with Gasteiger partial charge in [-0.1, -0.05) is 29.8 Å². The number of aryl methyl sites for hydroxylation is 3. The van der Waals surface area contributed by atoms with Crippen LogP contribution < -0.4 is 16.2 Å². The predicted molar refractivity (Wildman–Crippen MR) is 128 cm³/mol. The van der Waals surface area contributed by atoms with Gasteiger partial charge in [-0.3, -0.25) is 19.0 Å². The molecule has 0 saturated carbocycles. The molecule has 2 aromatic carbocycles. The number of nitrogens with zero attached hydrogens (tertiary/aromatic N) is 2. The highest BCUT2D eigenvalue weighted by atomic mass is 32.1. The molecule has 0 saturated heterocycles. The Kier molecular flexibility index (Phi) is 6.06. The van der Waals surface area contributed by atoms with Crippen LogP contribution in [0.4, 0.5) is 15.8 Å². The van der Waals surface area contributed by atoms with Crippen LogP contribution in [-0.4, -0.2) is 21.4 Å². The van der Waals surface area contributed by atoms with Crippen molar-refractivity contribution in [2.75, 3.05) is 10.6 Å². The molecule has 168 valence electrons. The lowest BCUT2D eigenvalue weighted by Gasteiger charge is -2.09.